The summed E-state index contributed by atoms with van der Waals surface area (Å²) in [6.45, 7) is 3.39. The molecule has 0 aromatic heterocycles. The van der Waals surface area contributed by atoms with Crippen molar-refractivity contribution in [2.24, 2.45) is 4.99 Å². The van der Waals surface area contributed by atoms with Crippen LogP contribution < -0.4 is 4.74 Å². The number of hydrogen-bond donors (Lipinski definition) is 0. The molecular weight excluding hydrogens is 248 g/mol. The Hall–Kier alpha value is -1.49. The van der Waals surface area contributed by atoms with Crippen molar-refractivity contribution in [3.63, 3.8) is 0 Å². The summed E-state index contributed by atoms with van der Waals surface area (Å²) in [4.78, 5) is 18.5. The highest BCUT2D eigenvalue weighted by Crippen LogP contribution is 2.23. The number of rotatable bonds is 3. The lowest BCUT2D eigenvalue weighted by molar-refractivity contribution is 0.0857. The molecule has 0 saturated heterocycles. The number of ether oxygens (including phenoxy) is 1. The second-order valence-electron chi connectivity index (χ2n) is 3.75. The third-order valence-corrected chi connectivity index (χ3v) is 3.55. The molecular formula is C13H16N2O2S. The van der Waals surface area contributed by atoms with E-state index in [-0.39, 0.29) is 5.91 Å². The molecule has 0 unspecified atom stereocenters. The number of para-hydroxylation sites is 1. The van der Waals surface area contributed by atoms with Crippen LogP contribution in [0.1, 0.15) is 17.3 Å². The summed E-state index contributed by atoms with van der Waals surface area (Å²) in [6, 6.07) is 7.28. The molecule has 1 aliphatic heterocycles. The summed E-state index contributed by atoms with van der Waals surface area (Å²) < 4.78 is 5.23. The SMILES string of the molecule is CCSC1=NCCN1C(=O)c1ccccc1OC. The molecule has 0 atom stereocenters. The maximum atomic E-state index is 12.5. The highest BCUT2D eigenvalue weighted by atomic mass is 32.2. The van der Waals surface area contributed by atoms with Crippen LogP contribution in [0.25, 0.3) is 0 Å². The number of carbonyl (C=O) groups excluding carboxylic acids is 1. The van der Waals surface area contributed by atoms with Crippen LogP contribution in [-0.4, -0.2) is 41.9 Å². The number of amidine groups is 1. The van der Waals surface area contributed by atoms with Gasteiger partial charge in [-0.25, -0.2) is 0 Å². The van der Waals surface area contributed by atoms with Crippen molar-refractivity contribution in [2.75, 3.05) is 26.0 Å². The van der Waals surface area contributed by atoms with Crippen molar-refractivity contribution in [1.29, 1.82) is 0 Å². The van der Waals surface area contributed by atoms with E-state index in [2.05, 4.69) is 11.9 Å². The molecule has 0 spiro atoms. The Morgan fingerprint density at radius 2 is 2.28 bits per heavy atom. The highest BCUT2D eigenvalue weighted by Gasteiger charge is 2.26. The van der Waals surface area contributed by atoms with E-state index in [4.69, 9.17) is 4.74 Å². The fourth-order valence-electron chi connectivity index (χ4n) is 1.83. The van der Waals surface area contributed by atoms with Crippen molar-refractivity contribution in [3.8, 4) is 5.75 Å². The van der Waals surface area contributed by atoms with Crippen molar-refractivity contribution in [2.45, 2.75) is 6.92 Å². The topological polar surface area (TPSA) is 41.9 Å². The van der Waals surface area contributed by atoms with Crippen LogP contribution in [0.5, 0.6) is 5.75 Å². The molecule has 0 aliphatic carbocycles. The minimum atomic E-state index is -0.0374. The summed E-state index contributed by atoms with van der Waals surface area (Å²) in [5, 5.41) is 0.813. The molecule has 0 N–H and O–H groups in total. The van der Waals surface area contributed by atoms with Gasteiger partial charge in [-0.3, -0.25) is 14.7 Å². The van der Waals surface area contributed by atoms with Crippen LogP contribution in [0.15, 0.2) is 29.3 Å². The van der Waals surface area contributed by atoms with Gasteiger partial charge in [0.2, 0.25) is 0 Å². The van der Waals surface area contributed by atoms with E-state index in [0.29, 0.717) is 24.4 Å². The summed E-state index contributed by atoms with van der Waals surface area (Å²) in [5.41, 5.74) is 0.589. The molecule has 0 saturated carbocycles. The van der Waals surface area contributed by atoms with E-state index in [1.165, 1.54) is 0 Å². The Kier molecular flexibility index (Phi) is 4.25. The lowest BCUT2D eigenvalue weighted by atomic mass is 10.2. The predicted octanol–water partition coefficient (Wildman–Crippen LogP) is 2.26. The van der Waals surface area contributed by atoms with Gasteiger partial charge in [-0.1, -0.05) is 30.8 Å². The molecule has 1 aliphatic rings. The zero-order valence-electron chi connectivity index (χ0n) is 10.5. The predicted molar refractivity (Wildman–Crippen MR) is 74.5 cm³/mol. The Balaban J connectivity index is 2.23. The third kappa shape index (κ3) is 2.51. The fraction of sp³-hybridized carbons (Fsp3) is 0.385. The Labute approximate surface area is 111 Å². The van der Waals surface area contributed by atoms with Gasteiger partial charge in [0.25, 0.3) is 5.91 Å². The summed E-state index contributed by atoms with van der Waals surface area (Å²) in [7, 11) is 1.58. The van der Waals surface area contributed by atoms with Crippen LogP contribution in [0, 0.1) is 0 Å². The zero-order chi connectivity index (χ0) is 13.0. The standard InChI is InChI=1S/C13H16N2O2S/c1-3-18-13-14-8-9-15(13)12(16)10-6-4-5-7-11(10)17-2/h4-7H,3,8-9H2,1-2H3. The molecule has 18 heavy (non-hydrogen) atoms. The van der Waals surface area contributed by atoms with E-state index in [1.54, 1.807) is 35.9 Å². The van der Waals surface area contributed by atoms with Crippen LogP contribution in [0.3, 0.4) is 0 Å². The largest absolute Gasteiger partial charge is 0.496 e. The Bertz CT molecular complexity index is 474. The second-order valence-corrected chi connectivity index (χ2v) is 4.99. The lowest BCUT2D eigenvalue weighted by Crippen LogP contribution is -2.33. The number of benzene rings is 1. The number of methoxy groups -OCH3 is 1. The van der Waals surface area contributed by atoms with Crippen molar-refractivity contribution in [3.05, 3.63) is 29.8 Å². The highest BCUT2D eigenvalue weighted by molar-refractivity contribution is 8.13. The summed E-state index contributed by atoms with van der Waals surface area (Å²) >= 11 is 1.60. The van der Waals surface area contributed by atoms with Crippen LogP contribution in [0.2, 0.25) is 0 Å². The first-order chi connectivity index (χ1) is 8.77. The number of thioether (sulfide) groups is 1. The number of hydrogen-bond acceptors (Lipinski definition) is 4. The molecule has 2 rings (SSSR count). The van der Waals surface area contributed by atoms with Gasteiger partial charge in [0.15, 0.2) is 5.17 Å². The van der Waals surface area contributed by atoms with Gasteiger partial charge in [-0.15, -0.1) is 0 Å². The molecule has 5 heteroatoms. The number of carbonyl (C=O) groups is 1. The van der Waals surface area contributed by atoms with Gasteiger partial charge in [-0.05, 0) is 17.9 Å². The van der Waals surface area contributed by atoms with Crippen LogP contribution >= 0.6 is 11.8 Å². The Morgan fingerprint density at radius 1 is 1.50 bits per heavy atom. The van der Waals surface area contributed by atoms with Gasteiger partial charge in [0, 0.05) is 6.54 Å². The van der Waals surface area contributed by atoms with Crippen molar-refractivity contribution < 1.29 is 9.53 Å². The van der Waals surface area contributed by atoms with Gasteiger partial charge in [0.05, 0.1) is 19.2 Å². The summed E-state index contributed by atoms with van der Waals surface area (Å²) in [5.74, 6) is 1.48. The number of nitrogens with zero attached hydrogens (tertiary/aromatic N) is 2. The van der Waals surface area contributed by atoms with Gasteiger partial charge in [0.1, 0.15) is 5.75 Å². The number of amides is 1. The van der Waals surface area contributed by atoms with Crippen molar-refractivity contribution in [1.82, 2.24) is 4.90 Å². The van der Waals surface area contributed by atoms with E-state index < -0.39 is 0 Å². The molecule has 0 radical (unpaired) electrons. The first-order valence-corrected chi connectivity index (χ1v) is 6.88. The second kappa shape index (κ2) is 5.91. The van der Waals surface area contributed by atoms with E-state index in [0.717, 1.165) is 10.9 Å². The average molecular weight is 264 g/mol. The smallest absolute Gasteiger partial charge is 0.263 e. The summed E-state index contributed by atoms with van der Waals surface area (Å²) in [6.07, 6.45) is 0. The van der Waals surface area contributed by atoms with Crippen molar-refractivity contribution >= 4 is 22.8 Å². The molecule has 1 aromatic rings. The molecule has 0 fully saturated rings. The van der Waals surface area contributed by atoms with Gasteiger partial charge in [-0.2, -0.15) is 0 Å². The van der Waals surface area contributed by atoms with Gasteiger partial charge >= 0.3 is 0 Å². The van der Waals surface area contributed by atoms with Gasteiger partial charge < -0.3 is 4.74 Å². The first kappa shape index (κ1) is 13.0. The average Bonchev–Trinajstić information content (AvgIpc) is 2.86. The monoisotopic (exact) mass is 264 g/mol. The number of aliphatic imine (C=N–C) groups is 1. The van der Waals surface area contributed by atoms with E-state index in [1.807, 2.05) is 12.1 Å². The van der Waals surface area contributed by atoms with Crippen LogP contribution in [-0.2, 0) is 0 Å². The normalized spacial score (nSPS) is 14.6. The quantitative estimate of drug-likeness (QED) is 0.841. The van der Waals surface area contributed by atoms with E-state index in [9.17, 15) is 4.79 Å². The Morgan fingerprint density at radius 3 is 3.00 bits per heavy atom. The van der Waals surface area contributed by atoms with Crippen LogP contribution in [0.4, 0.5) is 0 Å². The molecule has 1 amide bonds. The molecule has 1 aromatic carbocycles. The fourth-order valence-corrected chi connectivity index (χ4v) is 2.61. The first-order valence-electron chi connectivity index (χ1n) is 5.90. The lowest BCUT2D eigenvalue weighted by Gasteiger charge is -2.18. The maximum absolute atomic E-state index is 12.5. The molecule has 1 heterocycles. The molecule has 0 bridgehead atoms. The maximum Gasteiger partial charge on any atom is 0.263 e. The molecule has 96 valence electrons. The zero-order valence-corrected chi connectivity index (χ0v) is 11.4. The minimum absolute atomic E-state index is 0.0374. The third-order valence-electron chi connectivity index (χ3n) is 2.66. The minimum Gasteiger partial charge on any atom is -0.496 e. The molecule has 4 nitrogen and oxygen atoms in total. The van der Waals surface area contributed by atoms with E-state index >= 15 is 0 Å².